The third kappa shape index (κ3) is 2.54. The van der Waals surface area contributed by atoms with E-state index in [0.717, 1.165) is 27.9 Å². The van der Waals surface area contributed by atoms with Gasteiger partial charge < -0.3 is 15.7 Å². The molecular formula is C20H15FN6O. The van der Waals surface area contributed by atoms with Crippen LogP contribution in [-0.4, -0.2) is 30.5 Å². The predicted molar refractivity (Wildman–Crippen MR) is 104 cm³/mol. The first kappa shape index (κ1) is 16.2. The number of halogens is 1. The number of anilines is 1. The fourth-order valence-corrected chi connectivity index (χ4v) is 3.33. The number of aromatic nitrogens is 5. The smallest absolute Gasteiger partial charge is 0.214 e. The average molecular weight is 374 g/mol. The van der Waals surface area contributed by atoms with Gasteiger partial charge in [-0.15, -0.1) is 5.10 Å². The van der Waals surface area contributed by atoms with Crippen molar-refractivity contribution in [2.45, 2.75) is 6.92 Å². The Hall–Kier alpha value is -3.94. The predicted octanol–water partition coefficient (Wildman–Crippen LogP) is 3.49. The standard InChI is InChI=1S/C20H15FN6O/c1-10-23-15-5-4-13(8-17(15)24-10)27-9-14(20(22)26-27)19(28)18-6-11-2-3-12(21)7-16(11)25-18/h2-9,25H,1H3,(H2,22,26)(H,23,24). The molecule has 8 heteroatoms. The normalized spacial score (nSPS) is 11.5. The molecule has 0 radical (unpaired) electrons. The second-order valence-electron chi connectivity index (χ2n) is 6.64. The van der Waals surface area contributed by atoms with Crippen molar-refractivity contribution < 1.29 is 9.18 Å². The Morgan fingerprint density at radius 1 is 1.11 bits per heavy atom. The number of nitrogens with two attached hydrogens (primary N) is 1. The molecule has 28 heavy (non-hydrogen) atoms. The number of hydrogen-bond acceptors (Lipinski definition) is 4. The summed E-state index contributed by atoms with van der Waals surface area (Å²) in [5.74, 6) is 0.258. The van der Waals surface area contributed by atoms with Gasteiger partial charge in [0.2, 0.25) is 5.78 Å². The lowest BCUT2D eigenvalue weighted by Gasteiger charge is -2.00. The van der Waals surface area contributed by atoms with Crippen LogP contribution in [0.2, 0.25) is 0 Å². The molecule has 0 aliphatic carbocycles. The van der Waals surface area contributed by atoms with Crippen molar-refractivity contribution in [3.05, 3.63) is 71.6 Å². The van der Waals surface area contributed by atoms with Gasteiger partial charge in [0.05, 0.1) is 28.0 Å². The largest absolute Gasteiger partial charge is 0.382 e. The second-order valence-corrected chi connectivity index (χ2v) is 6.64. The molecule has 2 aromatic carbocycles. The molecule has 0 spiro atoms. The van der Waals surface area contributed by atoms with Gasteiger partial charge in [-0.3, -0.25) is 4.79 Å². The quantitative estimate of drug-likeness (QED) is 0.420. The van der Waals surface area contributed by atoms with Gasteiger partial charge in [0.1, 0.15) is 11.6 Å². The van der Waals surface area contributed by atoms with Crippen LogP contribution in [0.1, 0.15) is 21.9 Å². The Bertz CT molecular complexity index is 1380. The van der Waals surface area contributed by atoms with Gasteiger partial charge in [-0.05, 0) is 49.4 Å². The Morgan fingerprint density at radius 2 is 1.96 bits per heavy atom. The maximum Gasteiger partial charge on any atom is 0.214 e. The summed E-state index contributed by atoms with van der Waals surface area (Å²) in [6, 6.07) is 11.6. The maximum absolute atomic E-state index is 13.4. The second kappa shape index (κ2) is 5.78. The summed E-state index contributed by atoms with van der Waals surface area (Å²) in [4.78, 5) is 23.4. The van der Waals surface area contributed by atoms with Crippen LogP contribution >= 0.6 is 0 Å². The molecule has 0 fully saturated rings. The molecule has 0 unspecified atom stereocenters. The van der Waals surface area contributed by atoms with Gasteiger partial charge in [0.15, 0.2) is 5.82 Å². The highest BCUT2D eigenvalue weighted by Crippen LogP contribution is 2.23. The zero-order valence-corrected chi connectivity index (χ0v) is 14.8. The maximum atomic E-state index is 13.4. The van der Waals surface area contributed by atoms with E-state index in [9.17, 15) is 9.18 Å². The van der Waals surface area contributed by atoms with E-state index in [0.29, 0.717) is 11.2 Å². The summed E-state index contributed by atoms with van der Waals surface area (Å²) < 4.78 is 14.9. The molecule has 7 nitrogen and oxygen atoms in total. The van der Waals surface area contributed by atoms with E-state index in [2.05, 4.69) is 20.1 Å². The highest BCUT2D eigenvalue weighted by Gasteiger charge is 2.19. The molecule has 0 bridgehead atoms. The molecule has 5 rings (SSSR count). The molecule has 0 saturated heterocycles. The van der Waals surface area contributed by atoms with E-state index in [4.69, 9.17) is 5.73 Å². The number of H-pyrrole nitrogens is 2. The molecule has 138 valence electrons. The van der Waals surface area contributed by atoms with Gasteiger partial charge in [0.25, 0.3) is 0 Å². The van der Waals surface area contributed by atoms with E-state index in [1.807, 2.05) is 25.1 Å². The van der Waals surface area contributed by atoms with E-state index in [1.54, 1.807) is 23.0 Å². The number of aromatic amines is 2. The summed E-state index contributed by atoms with van der Waals surface area (Å²) in [6.45, 7) is 1.88. The molecule has 3 aromatic heterocycles. The summed E-state index contributed by atoms with van der Waals surface area (Å²) in [7, 11) is 0. The van der Waals surface area contributed by atoms with Gasteiger partial charge >= 0.3 is 0 Å². The number of nitrogens with zero attached hydrogens (tertiary/aromatic N) is 3. The molecule has 0 aliphatic heterocycles. The molecule has 5 aromatic rings. The fraction of sp³-hybridized carbons (Fsp3) is 0.0500. The Morgan fingerprint density at radius 3 is 2.82 bits per heavy atom. The number of carbonyl (C=O) groups excluding carboxylic acids is 1. The van der Waals surface area contributed by atoms with E-state index in [1.165, 1.54) is 12.1 Å². The fourth-order valence-electron chi connectivity index (χ4n) is 3.33. The molecule has 4 N–H and O–H groups in total. The molecule has 0 amide bonds. The first-order valence-electron chi connectivity index (χ1n) is 8.63. The number of aryl methyl sites for hydroxylation is 1. The monoisotopic (exact) mass is 374 g/mol. The number of rotatable bonds is 3. The van der Waals surface area contributed by atoms with E-state index >= 15 is 0 Å². The summed E-state index contributed by atoms with van der Waals surface area (Å²) in [5.41, 5.74) is 9.61. The lowest BCUT2D eigenvalue weighted by molar-refractivity contribution is 0.103. The lowest BCUT2D eigenvalue weighted by atomic mass is 10.1. The minimum atomic E-state index is -0.371. The van der Waals surface area contributed by atoms with Gasteiger partial charge in [-0.2, -0.15) is 0 Å². The van der Waals surface area contributed by atoms with Crippen LogP contribution in [0.15, 0.2) is 48.7 Å². The van der Waals surface area contributed by atoms with Crippen molar-refractivity contribution >= 4 is 33.5 Å². The van der Waals surface area contributed by atoms with E-state index in [-0.39, 0.29) is 23.0 Å². The van der Waals surface area contributed by atoms with Crippen molar-refractivity contribution in [1.82, 2.24) is 24.7 Å². The minimum absolute atomic E-state index is 0.119. The van der Waals surface area contributed by atoms with Crippen LogP contribution in [-0.2, 0) is 0 Å². The first-order valence-corrected chi connectivity index (χ1v) is 8.63. The summed E-state index contributed by atoms with van der Waals surface area (Å²) in [5, 5.41) is 5.02. The molecule has 0 saturated carbocycles. The number of nitrogen functional groups attached to an aromatic ring is 1. The zero-order chi connectivity index (χ0) is 19.4. The van der Waals surface area contributed by atoms with Crippen molar-refractivity contribution in [3.8, 4) is 5.69 Å². The average Bonchev–Trinajstić information content (AvgIpc) is 3.35. The Kier molecular flexibility index (Phi) is 3.35. The van der Waals surface area contributed by atoms with Crippen LogP contribution < -0.4 is 5.73 Å². The van der Waals surface area contributed by atoms with Crippen LogP contribution in [0.4, 0.5) is 10.2 Å². The number of carbonyl (C=O) groups is 1. The number of hydrogen-bond donors (Lipinski definition) is 3. The molecular weight excluding hydrogens is 359 g/mol. The van der Waals surface area contributed by atoms with Crippen molar-refractivity contribution in [2.75, 3.05) is 5.73 Å². The number of ketones is 1. The molecule has 3 heterocycles. The minimum Gasteiger partial charge on any atom is -0.382 e. The van der Waals surface area contributed by atoms with Crippen molar-refractivity contribution in [2.24, 2.45) is 0 Å². The third-order valence-corrected chi connectivity index (χ3v) is 4.67. The SMILES string of the molecule is Cc1nc2cc(-n3cc(C(=O)c4cc5ccc(F)cc5[nH]4)c(N)n3)ccc2[nH]1. The van der Waals surface area contributed by atoms with Crippen LogP contribution in [0.5, 0.6) is 0 Å². The first-order chi connectivity index (χ1) is 13.5. The molecule has 0 aliphatic rings. The number of benzene rings is 2. The lowest BCUT2D eigenvalue weighted by Crippen LogP contribution is -2.03. The summed E-state index contributed by atoms with van der Waals surface area (Å²) >= 11 is 0. The summed E-state index contributed by atoms with van der Waals surface area (Å²) in [6.07, 6.45) is 1.59. The topological polar surface area (TPSA) is 105 Å². The Balaban J connectivity index is 1.54. The van der Waals surface area contributed by atoms with Crippen molar-refractivity contribution in [3.63, 3.8) is 0 Å². The number of fused-ring (bicyclic) bond motifs is 2. The number of imidazole rings is 1. The number of nitrogens with one attached hydrogen (secondary N) is 2. The molecule has 0 atom stereocenters. The van der Waals surface area contributed by atoms with Crippen LogP contribution in [0, 0.1) is 12.7 Å². The highest BCUT2D eigenvalue weighted by molar-refractivity contribution is 6.12. The van der Waals surface area contributed by atoms with E-state index < -0.39 is 0 Å². The van der Waals surface area contributed by atoms with Gasteiger partial charge in [-0.25, -0.2) is 14.1 Å². The van der Waals surface area contributed by atoms with Gasteiger partial charge in [-0.1, -0.05) is 0 Å². The highest BCUT2D eigenvalue weighted by atomic mass is 19.1. The Labute approximate surface area is 158 Å². The zero-order valence-electron chi connectivity index (χ0n) is 14.8. The van der Waals surface area contributed by atoms with Crippen LogP contribution in [0.3, 0.4) is 0 Å². The van der Waals surface area contributed by atoms with Gasteiger partial charge in [0, 0.05) is 17.1 Å². The third-order valence-electron chi connectivity index (χ3n) is 4.67. The van der Waals surface area contributed by atoms with Crippen LogP contribution in [0.25, 0.3) is 27.6 Å². The van der Waals surface area contributed by atoms with Crippen molar-refractivity contribution in [1.29, 1.82) is 0 Å².